The molecule has 2 saturated carbocycles. The summed E-state index contributed by atoms with van der Waals surface area (Å²) in [5.41, 5.74) is 0. The van der Waals surface area contributed by atoms with E-state index in [9.17, 15) is 0 Å². The molecule has 5 unspecified atom stereocenters. The molecule has 0 aromatic carbocycles. The molecule has 2 heteroatoms. The lowest BCUT2D eigenvalue weighted by Gasteiger charge is -2.32. The third-order valence-corrected chi connectivity index (χ3v) is 6.53. The van der Waals surface area contributed by atoms with Gasteiger partial charge in [-0.2, -0.15) is 12.1 Å². The first kappa shape index (κ1) is 12.8. The summed E-state index contributed by atoms with van der Waals surface area (Å²) in [7, 11) is 0. The van der Waals surface area contributed by atoms with Gasteiger partial charge in [-0.25, -0.2) is 0 Å². The van der Waals surface area contributed by atoms with Crippen molar-refractivity contribution in [2.75, 3.05) is 0 Å². The van der Waals surface area contributed by atoms with Crippen LogP contribution in [0.15, 0.2) is 24.3 Å². The van der Waals surface area contributed by atoms with Crippen LogP contribution in [0.25, 0.3) is 0 Å². The lowest BCUT2D eigenvalue weighted by molar-refractivity contribution is 0.392. The van der Waals surface area contributed by atoms with Crippen LogP contribution in [0.4, 0.5) is 0 Å². The molecule has 100 valence electrons. The van der Waals surface area contributed by atoms with Crippen LogP contribution in [0, 0.1) is 23.7 Å². The minimum Gasteiger partial charge on any atom is -0.394 e. The highest BCUT2D eigenvalue weighted by Gasteiger charge is 2.38. The van der Waals surface area contributed by atoms with E-state index in [1.807, 2.05) is 0 Å². The predicted molar refractivity (Wildman–Crippen MR) is 82.6 cm³/mol. The minimum absolute atomic E-state index is 0.428. The monoisotopic (exact) mass is 263 g/mol. The van der Waals surface area contributed by atoms with Gasteiger partial charge in [-0.15, -0.1) is 0 Å². The van der Waals surface area contributed by atoms with Gasteiger partial charge >= 0.3 is 0 Å². The molecule has 18 heavy (non-hydrogen) atoms. The van der Waals surface area contributed by atoms with Gasteiger partial charge in [0, 0.05) is 0 Å². The van der Waals surface area contributed by atoms with Crippen molar-refractivity contribution < 1.29 is 0 Å². The zero-order valence-corrected chi connectivity index (χ0v) is 12.3. The fourth-order valence-electron chi connectivity index (χ4n) is 4.83. The Hall–Kier alpha value is -0.165. The zero-order chi connectivity index (χ0) is 12.5. The molecule has 0 N–H and O–H groups in total. The molecule has 0 radical (unpaired) electrons. The van der Waals surface area contributed by atoms with Gasteiger partial charge in [0.25, 0.3) is 0 Å². The molecule has 0 heterocycles. The van der Waals surface area contributed by atoms with Gasteiger partial charge in [-0.1, -0.05) is 62.8 Å². The summed E-state index contributed by atoms with van der Waals surface area (Å²) in [5.74, 6) is 4.21. The van der Waals surface area contributed by atoms with Gasteiger partial charge in [-0.3, -0.25) is 0 Å². The number of halogens is 1. The summed E-state index contributed by atoms with van der Waals surface area (Å²) in [4.78, 5) is 0. The summed E-state index contributed by atoms with van der Waals surface area (Å²) in [5, 5.41) is 0. The second kappa shape index (κ2) is 5.45. The Bertz CT molecular complexity index is 343. The first-order chi connectivity index (χ1) is 8.75. The molecule has 5 atom stereocenters. The van der Waals surface area contributed by atoms with Crippen LogP contribution in [-0.4, -0.2) is 6.13 Å². The molecule has 0 saturated heterocycles. The van der Waals surface area contributed by atoms with Crippen molar-refractivity contribution in [3.8, 4) is 0 Å². The van der Waals surface area contributed by atoms with E-state index in [4.69, 9.17) is 11.5 Å². The summed E-state index contributed by atoms with van der Waals surface area (Å²) in [6.45, 7) is 2.45. The Balaban J connectivity index is 1.64. The molecule has 0 aromatic heterocycles. The van der Waals surface area contributed by atoms with Crippen LogP contribution >= 0.6 is 11.5 Å². The molecule has 0 aromatic rings. The van der Waals surface area contributed by atoms with Gasteiger partial charge in [0.15, 0.2) is 0 Å². The highest BCUT2D eigenvalue weighted by molar-refractivity contribution is 7.07. The quantitative estimate of drug-likeness (QED) is 0.635. The van der Waals surface area contributed by atoms with Crippen LogP contribution < -0.4 is 0 Å². The van der Waals surface area contributed by atoms with Crippen molar-refractivity contribution in [2.45, 2.75) is 51.2 Å². The first-order valence-corrected chi connectivity index (χ1v) is 8.50. The first-order valence-electron chi connectivity index (χ1n) is 7.96. The molecule has 3 aliphatic carbocycles. The average Bonchev–Trinajstić information content (AvgIpc) is 2.98. The second-order valence-corrected chi connectivity index (χ2v) is 7.65. The minimum atomic E-state index is -0.428. The molecule has 0 spiro atoms. The maximum Gasteiger partial charge on any atom is 0.0735 e. The Morgan fingerprint density at radius 3 is 2.67 bits per heavy atom. The Morgan fingerprint density at radius 2 is 1.89 bits per heavy atom. The number of rotatable bonds is 3. The van der Waals surface area contributed by atoms with Gasteiger partial charge in [-0.05, 0) is 24.2 Å². The molecule has 3 rings (SSSR count). The van der Waals surface area contributed by atoms with Gasteiger partial charge < -0.3 is 11.5 Å². The maximum absolute atomic E-state index is 6.80. The van der Waals surface area contributed by atoms with E-state index in [-0.39, 0.29) is 0 Å². The van der Waals surface area contributed by atoms with Crippen molar-refractivity contribution in [3.05, 3.63) is 24.3 Å². The Kier molecular flexibility index (Phi) is 3.89. The molecule has 3 aliphatic rings. The van der Waals surface area contributed by atoms with Crippen molar-refractivity contribution in [1.29, 1.82) is 0 Å². The van der Waals surface area contributed by atoms with Crippen molar-refractivity contribution in [1.82, 2.24) is 0 Å². The summed E-state index contributed by atoms with van der Waals surface area (Å²) < 4.78 is 0. The lowest BCUT2D eigenvalue weighted by Crippen LogP contribution is -2.23. The normalized spacial score (nSPS) is 41.2. The van der Waals surface area contributed by atoms with Crippen LogP contribution in [0.3, 0.4) is 0 Å². The molecule has 0 nitrogen and oxygen atoms in total. The van der Waals surface area contributed by atoms with Crippen molar-refractivity contribution >= 4 is 17.6 Å². The van der Waals surface area contributed by atoms with E-state index in [1.54, 1.807) is 0 Å². The van der Waals surface area contributed by atoms with E-state index in [0.717, 1.165) is 29.5 Å². The van der Waals surface area contributed by atoms with Crippen LogP contribution in [-0.2, 0) is 0 Å². The highest BCUT2D eigenvalue weighted by Crippen LogP contribution is 2.48. The number of hydrogen-bond donors (Lipinski definition) is 0. The lowest BCUT2D eigenvalue weighted by atomic mass is 9.54. The Labute approximate surface area is 117 Å². The zero-order valence-electron chi connectivity index (χ0n) is 11.5. The van der Waals surface area contributed by atoms with Crippen molar-refractivity contribution in [3.63, 3.8) is 0 Å². The number of allylic oxidation sites excluding steroid dienone is 4. The van der Waals surface area contributed by atoms with Gasteiger partial charge in [0.2, 0.25) is 0 Å². The molecular formula is C16H25BCl-. The van der Waals surface area contributed by atoms with Crippen molar-refractivity contribution in [2.24, 2.45) is 23.7 Å². The largest absolute Gasteiger partial charge is 0.394 e. The fraction of sp³-hybridized carbons (Fsp3) is 0.750. The fourth-order valence-corrected chi connectivity index (χ4v) is 5.39. The smallest absolute Gasteiger partial charge is 0.0735 e. The van der Waals surface area contributed by atoms with E-state index in [1.165, 1.54) is 38.4 Å². The van der Waals surface area contributed by atoms with E-state index in [2.05, 4.69) is 31.2 Å². The number of fused-ring (bicyclic) bond motifs is 1. The summed E-state index contributed by atoms with van der Waals surface area (Å²) >= 11 is 6.80. The topological polar surface area (TPSA) is 0 Å². The molecule has 0 bridgehead atoms. The summed E-state index contributed by atoms with van der Waals surface area (Å²) in [6.07, 6.45) is 17.3. The second-order valence-electron chi connectivity index (χ2n) is 6.96. The molecule has 0 amide bonds. The van der Waals surface area contributed by atoms with Gasteiger partial charge in [0.05, 0.1) is 6.13 Å². The van der Waals surface area contributed by atoms with Gasteiger partial charge in [0.1, 0.15) is 0 Å². The van der Waals surface area contributed by atoms with Crippen LogP contribution in [0.1, 0.15) is 39.0 Å². The molecule has 0 aliphatic heterocycles. The molecule has 2 fully saturated rings. The van der Waals surface area contributed by atoms with E-state index >= 15 is 0 Å². The maximum atomic E-state index is 6.80. The van der Waals surface area contributed by atoms with Crippen LogP contribution in [0.2, 0.25) is 12.1 Å². The van der Waals surface area contributed by atoms with E-state index in [0.29, 0.717) is 0 Å². The Morgan fingerprint density at radius 1 is 1.17 bits per heavy atom. The predicted octanol–water partition coefficient (Wildman–Crippen LogP) is 4.91. The highest BCUT2D eigenvalue weighted by atomic mass is 35.5. The SMILES string of the molecule is CC1CC2C=CC=CC2C1C[BH-](Cl)C1CCCC1. The third-order valence-electron chi connectivity index (χ3n) is 5.88. The number of hydrogen-bond acceptors (Lipinski definition) is 0. The summed E-state index contributed by atoms with van der Waals surface area (Å²) in [6, 6.07) is 0. The molecular weight excluding hydrogens is 238 g/mol. The standard InChI is InChI=1S/C16H25BCl/c1-12-10-13-6-2-5-9-15(13)16(12)11-17(18)14-7-3-4-8-14/h2,5-6,9,12-17H,3-4,7-8,10-11H2,1H3/q-1. The third kappa shape index (κ3) is 2.43. The van der Waals surface area contributed by atoms with E-state index < -0.39 is 6.13 Å². The van der Waals surface area contributed by atoms with Crippen LogP contribution in [0.5, 0.6) is 0 Å². The average molecular weight is 264 g/mol.